The van der Waals surface area contributed by atoms with Crippen molar-refractivity contribution < 1.29 is 9.53 Å². The number of carbonyl (C=O) groups excluding carboxylic acids is 1. The van der Waals surface area contributed by atoms with Gasteiger partial charge in [0.2, 0.25) is 5.91 Å². The first-order valence-electron chi connectivity index (χ1n) is 6.49. The van der Waals surface area contributed by atoms with Gasteiger partial charge in [0.05, 0.1) is 18.8 Å². The number of amides is 1. The van der Waals surface area contributed by atoms with Crippen molar-refractivity contribution in [2.75, 3.05) is 13.2 Å². The van der Waals surface area contributed by atoms with Crippen molar-refractivity contribution in [2.45, 2.75) is 32.0 Å². The van der Waals surface area contributed by atoms with E-state index in [0.717, 1.165) is 5.56 Å². The van der Waals surface area contributed by atoms with Crippen LogP contribution < -0.4 is 10.6 Å². The molecule has 0 aromatic heterocycles. The van der Waals surface area contributed by atoms with Gasteiger partial charge in [-0.25, -0.2) is 0 Å². The zero-order valence-electron chi connectivity index (χ0n) is 11.6. The zero-order chi connectivity index (χ0) is 13.8. The summed E-state index contributed by atoms with van der Waals surface area (Å²) < 4.78 is 5.47. The van der Waals surface area contributed by atoms with Gasteiger partial charge in [-0.1, -0.05) is 23.7 Å². The van der Waals surface area contributed by atoms with Gasteiger partial charge >= 0.3 is 0 Å². The van der Waals surface area contributed by atoms with Crippen molar-refractivity contribution in [3.05, 3.63) is 34.9 Å². The summed E-state index contributed by atoms with van der Waals surface area (Å²) in [6.07, 6.45) is -0.111. The molecule has 1 aromatic rings. The standard InChI is InChI=1S/C14H19ClN2O2.ClH/c1-9(11-4-3-5-12(15)8-11)17-14(18)13-10(2)19-7-6-16-13;/h3-5,8-10,13,16H,6-7H2,1-2H3,(H,17,18);1H/t9?,10-,13+;/m1./s1. The molecule has 0 radical (unpaired) electrons. The van der Waals surface area contributed by atoms with Crippen LogP contribution in [0.3, 0.4) is 0 Å². The minimum atomic E-state index is -0.296. The number of rotatable bonds is 3. The Morgan fingerprint density at radius 2 is 2.30 bits per heavy atom. The molecule has 4 nitrogen and oxygen atoms in total. The Hall–Kier alpha value is -0.810. The van der Waals surface area contributed by atoms with Gasteiger partial charge in [-0.2, -0.15) is 0 Å². The minimum absolute atomic E-state index is 0. The summed E-state index contributed by atoms with van der Waals surface area (Å²) in [5, 5.41) is 6.83. The number of hydrogen-bond acceptors (Lipinski definition) is 3. The van der Waals surface area contributed by atoms with E-state index >= 15 is 0 Å². The first kappa shape index (κ1) is 17.2. The Balaban J connectivity index is 0.00000200. The van der Waals surface area contributed by atoms with Crippen molar-refractivity contribution in [2.24, 2.45) is 0 Å². The second kappa shape index (κ2) is 7.84. The molecule has 2 N–H and O–H groups in total. The van der Waals surface area contributed by atoms with Crippen LogP contribution in [0.5, 0.6) is 0 Å². The molecule has 1 unspecified atom stereocenters. The van der Waals surface area contributed by atoms with Crippen LogP contribution in [0.25, 0.3) is 0 Å². The predicted molar refractivity (Wildman–Crippen MR) is 82.5 cm³/mol. The summed E-state index contributed by atoms with van der Waals surface area (Å²) in [5.74, 6) is -0.0420. The highest BCUT2D eigenvalue weighted by Gasteiger charge is 2.29. The van der Waals surface area contributed by atoms with Crippen molar-refractivity contribution in [1.82, 2.24) is 10.6 Å². The fourth-order valence-corrected chi connectivity index (χ4v) is 2.39. The van der Waals surface area contributed by atoms with Gasteiger partial charge in [0.1, 0.15) is 6.04 Å². The molecule has 1 amide bonds. The van der Waals surface area contributed by atoms with E-state index < -0.39 is 0 Å². The van der Waals surface area contributed by atoms with Crippen molar-refractivity contribution in [1.29, 1.82) is 0 Å². The Morgan fingerprint density at radius 3 is 2.95 bits per heavy atom. The highest BCUT2D eigenvalue weighted by molar-refractivity contribution is 6.30. The summed E-state index contributed by atoms with van der Waals surface area (Å²) >= 11 is 5.95. The first-order valence-corrected chi connectivity index (χ1v) is 6.86. The second-order valence-electron chi connectivity index (χ2n) is 4.79. The molecule has 0 spiro atoms. The highest BCUT2D eigenvalue weighted by Crippen LogP contribution is 2.17. The SMILES string of the molecule is CC(NC(=O)[C@H]1NCCO[C@@H]1C)c1cccc(Cl)c1.Cl. The van der Waals surface area contributed by atoms with Gasteiger partial charge in [0.15, 0.2) is 0 Å². The fraction of sp³-hybridized carbons (Fsp3) is 0.500. The third-order valence-electron chi connectivity index (χ3n) is 3.31. The van der Waals surface area contributed by atoms with E-state index in [9.17, 15) is 4.79 Å². The number of carbonyl (C=O) groups is 1. The van der Waals surface area contributed by atoms with E-state index in [1.807, 2.05) is 38.1 Å². The number of ether oxygens (including phenoxy) is 1. The number of morpholine rings is 1. The monoisotopic (exact) mass is 318 g/mol. The van der Waals surface area contributed by atoms with E-state index in [1.54, 1.807) is 0 Å². The lowest BCUT2D eigenvalue weighted by molar-refractivity contribution is -0.129. The molecule has 1 heterocycles. The Bertz CT molecular complexity index is 457. The number of hydrogen-bond donors (Lipinski definition) is 2. The molecular weight excluding hydrogens is 299 g/mol. The summed E-state index contributed by atoms with van der Waals surface area (Å²) in [7, 11) is 0. The minimum Gasteiger partial charge on any atom is -0.375 e. The molecule has 1 aromatic carbocycles. The highest BCUT2D eigenvalue weighted by atomic mass is 35.5. The molecule has 1 aliphatic rings. The van der Waals surface area contributed by atoms with E-state index in [1.165, 1.54) is 0 Å². The zero-order valence-corrected chi connectivity index (χ0v) is 13.1. The van der Waals surface area contributed by atoms with Gasteiger partial charge in [-0.3, -0.25) is 4.79 Å². The topological polar surface area (TPSA) is 50.4 Å². The average molecular weight is 319 g/mol. The maximum atomic E-state index is 12.2. The van der Waals surface area contributed by atoms with Crippen molar-refractivity contribution >= 4 is 29.9 Å². The fourth-order valence-electron chi connectivity index (χ4n) is 2.19. The van der Waals surface area contributed by atoms with Crippen LogP contribution in [0.4, 0.5) is 0 Å². The molecule has 6 heteroatoms. The van der Waals surface area contributed by atoms with Gasteiger partial charge in [0, 0.05) is 11.6 Å². The quantitative estimate of drug-likeness (QED) is 0.899. The Kier molecular flexibility index (Phi) is 6.76. The van der Waals surface area contributed by atoms with Gasteiger partial charge in [0.25, 0.3) is 0 Å². The van der Waals surface area contributed by atoms with Crippen molar-refractivity contribution in [3.63, 3.8) is 0 Å². The van der Waals surface area contributed by atoms with E-state index in [2.05, 4.69) is 10.6 Å². The van der Waals surface area contributed by atoms with E-state index in [4.69, 9.17) is 16.3 Å². The van der Waals surface area contributed by atoms with Crippen LogP contribution in [0.1, 0.15) is 25.5 Å². The summed E-state index contributed by atoms with van der Waals surface area (Å²) in [5.41, 5.74) is 0.991. The number of benzene rings is 1. The van der Waals surface area contributed by atoms with E-state index in [0.29, 0.717) is 18.2 Å². The molecule has 0 aliphatic carbocycles. The third-order valence-corrected chi connectivity index (χ3v) is 3.54. The van der Waals surface area contributed by atoms with Gasteiger partial charge in [-0.15, -0.1) is 12.4 Å². The maximum absolute atomic E-state index is 12.2. The summed E-state index contributed by atoms with van der Waals surface area (Å²) in [6, 6.07) is 7.13. The van der Waals surface area contributed by atoms with Crippen LogP contribution >= 0.6 is 24.0 Å². The van der Waals surface area contributed by atoms with Crippen LogP contribution in [0.15, 0.2) is 24.3 Å². The largest absolute Gasteiger partial charge is 0.375 e. The molecule has 20 heavy (non-hydrogen) atoms. The molecule has 1 saturated heterocycles. The number of halogens is 2. The van der Waals surface area contributed by atoms with Crippen LogP contribution in [0, 0.1) is 0 Å². The first-order chi connectivity index (χ1) is 9.08. The van der Waals surface area contributed by atoms with Gasteiger partial charge < -0.3 is 15.4 Å². The maximum Gasteiger partial charge on any atom is 0.240 e. The predicted octanol–water partition coefficient (Wildman–Crippen LogP) is 2.32. The molecule has 2 rings (SSSR count). The van der Waals surface area contributed by atoms with Crippen LogP contribution in [-0.4, -0.2) is 31.2 Å². The molecule has 112 valence electrons. The lowest BCUT2D eigenvalue weighted by Gasteiger charge is -2.30. The third kappa shape index (κ3) is 4.35. The van der Waals surface area contributed by atoms with Gasteiger partial charge in [-0.05, 0) is 31.5 Å². The molecule has 1 aliphatic heterocycles. The molecule has 0 saturated carbocycles. The Morgan fingerprint density at radius 1 is 1.55 bits per heavy atom. The average Bonchev–Trinajstić information content (AvgIpc) is 2.39. The van der Waals surface area contributed by atoms with Crippen LogP contribution in [-0.2, 0) is 9.53 Å². The normalized spacial score (nSPS) is 23.6. The lowest BCUT2D eigenvalue weighted by atomic mass is 10.1. The second-order valence-corrected chi connectivity index (χ2v) is 5.23. The summed E-state index contributed by atoms with van der Waals surface area (Å²) in [4.78, 5) is 12.2. The molecule has 3 atom stereocenters. The summed E-state index contributed by atoms with van der Waals surface area (Å²) in [6.45, 7) is 5.20. The molecule has 1 fully saturated rings. The lowest BCUT2D eigenvalue weighted by Crippen LogP contribution is -2.55. The Labute approximate surface area is 130 Å². The number of nitrogens with one attached hydrogen (secondary N) is 2. The molecular formula is C14H20Cl2N2O2. The van der Waals surface area contributed by atoms with Crippen molar-refractivity contribution in [3.8, 4) is 0 Å². The molecule has 0 bridgehead atoms. The van der Waals surface area contributed by atoms with Crippen LogP contribution in [0.2, 0.25) is 5.02 Å². The smallest absolute Gasteiger partial charge is 0.240 e. The van der Waals surface area contributed by atoms with E-state index in [-0.39, 0.29) is 36.5 Å².